The first-order valence-electron chi connectivity index (χ1n) is 7.03. The highest BCUT2D eigenvalue weighted by Crippen LogP contribution is 2.39. The number of aliphatic hydroxyl groups is 1. The molecule has 0 radical (unpaired) electrons. The molecule has 0 amide bonds. The predicted molar refractivity (Wildman–Crippen MR) is 76.4 cm³/mol. The molecule has 3 unspecified atom stereocenters. The highest BCUT2D eigenvalue weighted by atomic mass is 35.5. The molecule has 1 aliphatic heterocycles. The van der Waals surface area contributed by atoms with E-state index in [9.17, 15) is 5.11 Å². The second-order valence-corrected chi connectivity index (χ2v) is 5.99. The monoisotopic (exact) mass is 306 g/mol. The van der Waals surface area contributed by atoms with Crippen molar-refractivity contribution in [3.63, 3.8) is 0 Å². The molecule has 7 nitrogen and oxygen atoms in total. The number of hydrogen-bond acceptors (Lipinski definition) is 6. The topological polar surface area (TPSA) is 80.0 Å². The summed E-state index contributed by atoms with van der Waals surface area (Å²) in [4.78, 5) is 18.9. The lowest BCUT2D eigenvalue weighted by Crippen LogP contribution is -2.26. The lowest BCUT2D eigenvalue weighted by molar-refractivity contribution is 0.133. The van der Waals surface area contributed by atoms with Gasteiger partial charge in [0, 0.05) is 31.4 Å². The lowest BCUT2D eigenvalue weighted by atomic mass is 10.00. The Morgan fingerprint density at radius 2 is 2.00 bits per heavy atom. The highest BCUT2D eigenvalue weighted by molar-refractivity contribution is 6.28. The number of imidazole rings is 1. The Labute approximate surface area is 126 Å². The smallest absolute Gasteiger partial charge is 0.241 e. The third kappa shape index (κ3) is 2.26. The molecule has 2 fully saturated rings. The molecule has 1 N–H and O–H groups in total. The second-order valence-electron chi connectivity index (χ2n) is 5.65. The Hall–Kier alpha value is -1.73. The minimum Gasteiger partial charge on any atom is -0.393 e. The van der Waals surface area contributed by atoms with Gasteiger partial charge in [0.1, 0.15) is 6.33 Å². The van der Waals surface area contributed by atoms with Crippen LogP contribution in [0.1, 0.15) is 12.8 Å². The van der Waals surface area contributed by atoms with E-state index < -0.39 is 0 Å². The van der Waals surface area contributed by atoms with Gasteiger partial charge in [0.05, 0.1) is 6.10 Å². The molecule has 21 heavy (non-hydrogen) atoms. The summed E-state index contributed by atoms with van der Waals surface area (Å²) in [5.74, 6) is 1.87. The Bertz CT molecular complexity index is 648. The van der Waals surface area contributed by atoms with Crippen LogP contribution >= 0.6 is 11.6 Å². The maximum Gasteiger partial charge on any atom is 0.241 e. The van der Waals surface area contributed by atoms with Crippen LogP contribution in [0.4, 0.5) is 5.95 Å². The molecule has 2 aromatic heterocycles. The molecular formula is C13H15ClN6O. The van der Waals surface area contributed by atoms with Crippen molar-refractivity contribution in [2.24, 2.45) is 11.8 Å². The summed E-state index contributed by atoms with van der Waals surface area (Å²) >= 11 is 6.02. The van der Waals surface area contributed by atoms with E-state index in [2.05, 4.69) is 24.8 Å². The molecule has 110 valence electrons. The third-order valence-electron chi connectivity index (χ3n) is 4.42. The van der Waals surface area contributed by atoms with Crippen molar-refractivity contribution in [2.75, 3.05) is 18.0 Å². The molecule has 0 bridgehead atoms. The number of fused-ring (bicyclic) bond motifs is 1. The van der Waals surface area contributed by atoms with Crippen LogP contribution in [0.2, 0.25) is 5.28 Å². The summed E-state index contributed by atoms with van der Waals surface area (Å²) in [6.45, 7) is 1.64. The fraction of sp³-hybridized carbons (Fsp3) is 0.538. The number of hydrogen-bond donors (Lipinski definition) is 1. The van der Waals surface area contributed by atoms with Crippen LogP contribution < -0.4 is 4.90 Å². The Morgan fingerprint density at radius 3 is 2.76 bits per heavy atom. The van der Waals surface area contributed by atoms with Crippen LogP contribution in [0.3, 0.4) is 0 Å². The van der Waals surface area contributed by atoms with E-state index in [1.54, 1.807) is 23.3 Å². The van der Waals surface area contributed by atoms with Gasteiger partial charge in [-0.15, -0.1) is 0 Å². The van der Waals surface area contributed by atoms with Gasteiger partial charge in [0.2, 0.25) is 17.2 Å². The van der Waals surface area contributed by atoms with Gasteiger partial charge in [0.15, 0.2) is 0 Å². The molecule has 1 aliphatic carbocycles. The van der Waals surface area contributed by atoms with E-state index in [0.717, 1.165) is 25.9 Å². The zero-order valence-corrected chi connectivity index (χ0v) is 12.1. The van der Waals surface area contributed by atoms with Crippen molar-refractivity contribution >= 4 is 17.5 Å². The minimum atomic E-state index is -0.203. The number of aromatic nitrogens is 5. The van der Waals surface area contributed by atoms with Crippen LogP contribution in [0.15, 0.2) is 18.7 Å². The average molecular weight is 307 g/mol. The van der Waals surface area contributed by atoms with Gasteiger partial charge in [-0.2, -0.15) is 15.0 Å². The van der Waals surface area contributed by atoms with E-state index in [0.29, 0.717) is 23.7 Å². The lowest BCUT2D eigenvalue weighted by Gasteiger charge is -2.18. The summed E-state index contributed by atoms with van der Waals surface area (Å²) in [5.41, 5.74) is 0. The van der Waals surface area contributed by atoms with Crippen molar-refractivity contribution in [3.05, 3.63) is 24.0 Å². The van der Waals surface area contributed by atoms with Crippen molar-refractivity contribution in [3.8, 4) is 5.95 Å². The van der Waals surface area contributed by atoms with Crippen molar-refractivity contribution in [1.82, 2.24) is 24.5 Å². The van der Waals surface area contributed by atoms with Crippen molar-refractivity contribution < 1.29 is 5.11 Å². The predicted octanol–water partition coefficient (Wildman–Crippen LogP) is 0.918. The Morgan fingerprint density at radius 1 is 1.14 bits per heavy atom. The normalized spacial score (nSPS) is 28.1. The van der Waals surface area contributed by atoms with Crippen LogP contribution in [0.5, 0.6) is 0 Å². The van der Waals surface area contributed by atoms with Crippen LogP contribution in [-0.4, -0.2) is 48.8 Å². The van der Waals surface area contributed by atoms with Gasteiger partial charge >= 0.3 is 0 Å². The van der Waals surface area contributed by atoms with E-state index in [4.69, 9.17) is 11.6 Å². The van der Waals surface area contributed by atoms with Gasteiger partial charge < -0.3 is 10.0 Å². The zero-order valence-electron chi connectivity index (χ0n) is 11.3. The number of anilines is 1. The van der Waals surface area contributed by atoms with Gasteiger partial charge in [-0.25, -0.2) is 4.98 Å². The maximum atomic E-state index is 10.0. The number of aliphatic hydroxyl groups excluding tert-OH is 1. The van der Waals surface area contributed by atoms with Crippen LogP contribution in [0, 0.1) is 11.8 Å². The molecule has 4 rings (SSSR count). The van der Waals surface area contributed by atoms with Gasteiger partial charge in [-0.05, 0) is 30.4 Å². The zero-order chi connectivity index (χ0) is 14.4. The van der Waals surface area contributed by atoms with E-state index in [-0.39, 0.29) is 11.4 Å². The third-order valence-corrected chi connectivity index (χ3v) is 4.59. The fourth-order valence-corrected chi connectivity index (χ4v) is 3.51. The number of rotatable bonds is 2. The first-order chi connectivity index (χ1) is 10.2. The molecule has 0 spiro atoms. The summed E-state index contributed by atoms with van der Waals surface area (Å²) in [6, 6.07) is 0. The average Bonchev–Trinajstić information content (AvgIpc) is 3.17. The molecule has 2 aromatic rings. The molecule has 3 atom stereocenters. The van der Waals surface area contributed by atoms with E-state index >= 15 is 0 Å². The largest absolute Gasteiger partial charge is 0.393 e. The standard InChI is InChI=1S/C13H15ClN6O/c14-11-16-12(19-4-3-15-7-19)18-13(17-11)20-5-8-1-2-10(21)9(8)6-20/h3-4,7-10,21H,1-2,5-6H2. The highest BCUT2D eigenvalue weighted by Gasteiger charge is 2.42. The maximum absolute atomic E-state index is 10.0. The van der Waals surface area contributed by atoms with Crippen LogP contribution in [-0.2, 0) is 0 Å². The van der Waals surface area contributed by atoms with Gasteiger partial charge in [-0.1, -0.05) is 0 Å². The van der Waals surface area contributed by atoms with E-state index in [1.165, 1.54) is 0 Å². The molecule has 1 saturated carbocycles. The molecule has 3 heterocycles. The second kappa shape index (κ2) is 4.92. The summed E-state index contributed by atoms with van der Waals surface area (Å²) in [5, 5.41) is 10.2. The van der Waals surface area contributed by atoms with Crippen molar-refractivity contribution in [2.45, 2.75) is 18.9 Å². The summed E-state index contributed by atoms with van der Waals surface area (Å²) in [7, 11) is 0. The quantitative estimate of drug-likeness (QED) is 0.888. The van der Waals surface area contributed by atoms with Crippen LogP contribution in [0.25, 0.3) is 5.95 Å². The number of nitrogens with zero attached hydrogens (tertiary/aromatic N) is 6. The Kier molecular flexibility index (Phi) is 3.04. The molecule has 1 saturated heterocycles. The SMILES string of the molecule is OC1CCC2CN(c3nc(Cl)nc(-n4ccnc4)n3)CC12. The van der Waals surface area contributed by atoms with Crippen molar-refractivity contribution in [1.29, 1.82) is 0 Å². The molecular weight excluding hydrogens is 292 g/mol. The fourth-order valence-electron chi connectivity index (χ4n) is 3.36. The molecule has 0 aromatic carbocycles. The Balaban J connectivity index is 1.64. The summed E-state index contributed by atoms with van der Waals surface area (Å²) in [6.07, 6.45) is 6.81. The number of halogens is 1. The summed E-state index contributed by atoms with van der Waals surface area (Å²) < 4.78 is 1.70. The molecule has 8 heteroatoms. The molecule has 2 aliphatic rings. The first kappa shape index (κ1) is 13.0. The minimum absolute atomic E-state index is 0.168. The van der Waals surface area contributed by atoms with Gasteiger partial charge in [-0.3, -0.25) is 4.57 Å². The van der Waals surface area contributed by atoms with Gasteiger partial charge in [0.25, 0.3) is 0 Å². The first-order valence-corrected chi connectivity index (χ1v) is 7.41. The van der Waals surface area contributed by atoms with E-state index in [1.807, 2.05) is 0 Å².